The number of benzene rings is 2. The first kappa shape index (κ1) is 17.9. The molecule has 1 saturated heterocycles. The van der Waals surface area contributed by atoms with Crippen LogP contribution < -0.4 is 5.32 Å². The van der Waals surface area contributed by atoms with Gasteiger partial charge in [0.2, 0.25) is 0 Å². The second-order valence-corrected chi connectivity index (χ2v) is 6.85. The second-order valence-electron chi connectivity index (χ2n) is 6.45. The second kappa shape index (κ2) is 8.43. The van der Waals surface area contributed by atoms with E-state index in [0.29, 0.717) is 6.54 Å². The van der Waals surface area contributed by atoms with Gasteiger partial charge in [-0.25, -0.2) is 0 Å². The fourth-order valence-electron chi connectivity index (χ4n) is 3.12. The minimum atomic E-state index is -0.453. The SMILES string of the molecule is O=[N+]([O-])c1cc(CNCc2ccc(CN3CCCC3)cc2)ccc1Cl. The highest BCUT2D eigenvalue weighted by Crippen LogP contribution is 2.25. The monoisotopic (exact) mass is 359 g/mol. The van der Waals surface area contributed by atoms with Crippen LogP contribution in [0.4, 0.5) is 5.69 Å². The maximum atomic E-state index is 10.9. The summed E-state index contributed by atoms with van der Waals surface area (Å²) in [5, 5.41) is 14.4. The van der Waals surface area contributed by atoms with E-state index in [2.05, 4.69) is 34.5 Å². The van der Waals surface area contributed by atoms with Crippen LogP contribution in [0, 0.1) is 10.1 Å². The maximum absolute atomic E-state index is 10.9. The predicted molar refractivity (Wildman–Crippen MR) is 99.6 cm³/mol. The van der Waals surface area contributed by atoms with Gasteiger partial charge in [-0.15, -0.1) is 0 Å². The zero-order valence-corrected chi connectivity index (χ0v) is 14.8. The molecule has 0 bridgehead atoms. The topological polar surface area (TPSA) is 58.4 Å². The molecule has 6 heteroatoms. The van der Waals surface area contributed by atoms with Crippen molar-refractivity contribution in [1.29, 1.82) is 0 Å². The number of hydrogen-bond donors (Lipinski definition) is 1. The third-order valence-corrected chi connectivity index (χ3v) is 4.81. The van der Waals surface area contributed by atoms with E-state index < -0.39 is 4.92 Å². The number of nitro benzene ring substituents is 1. The molecule has 0 atom stereocenters. The number of nitrogens with one attached hydrogen (secondary N) is 1. The number of rotatable bonds is 7. The molecule has 0 saturated carbocycles. The molecule has 2 aromatic rings. The Labute approximate surface area is 152 Å². The minimum Gasteiger partial charge on any atom is -0.309 e. The number of nitrogens with zero attached hydrogens (tertiary/aromatic N) is 2. The summed E-state index contributed by atoms with van der Waals surface area (Å²) in [6, 6.07) is 13.6. The van der Waals surface area contributed by atoms with Crippen LogP contribution in [0.2, 0.25) is 5.02 Å². The van der Waals surface area contributed by atoms with Gasteiger partial charge >= 0.3 is 0 Å². The average molecular weight is 360 g/mol. The van der Waals surface area contributed by atoms with Gasteiger partial charge in [0.25, 0.3) is 5.69 Å². The van der Waals surface area contributed by atoms with Gasteiger partial charge in [-0.1, -0.05) is 41.9 Å². The van der Waals surface area contributed by atoms with Crippen molar-refractivity contribution < 1.29 is 4.92 Å². The van der Waals surface area contributed by atoms with E-state index in [4.69, 9.17) is 11.6 Å². The van der Waals surface area contributed by atoms with Crippen LogP contribution in [-0.4, -0.2) is 22.9 Å². The molecule has 132 valence electrons. The van der Waals surface area contributed by atoms with E-state index in [-0.39, 0.29) is 10.7 Å². The van der Waals surface area contributed by atoms with E-state index in [9.17, 15) is 10.1 Å². The highest BCUT2D eigenvalue weighted by atomic mass is 35.5. The van der Waals surface area contributed by atoms with Crippen molar-refractivity contribution in [2.45, 2.75) is 32.5 Å². The molecule has 2 aromatic carbocycles. The number of halogens is 1. The Bertz CT molecular complexity index is 728. The first-order valence-electron chi connectivity index (χ1n) is 8.55. The van der Waals surface area contributed by atoms with Gasteiger partial charge in [0.15, 0.2) is 0 Å². The first-order chi connectivity index (χ1) is 12.1. The van der Waals surface area contributed by atoms with E-state index >= 15 is 0 Å². The minimum absolute atomic E-state index is 0.0489. The zero-order valence-electron chi connectivity index (χ0n) is 14.1. The number of hydrogen-bond acceptors (Lipinski definition) is 4. The van der Waals surface area contributed by atoms with Crippen molar-refractivity contribution >= 4 is 17.3 Å². The molecular formula is C19H22ClN3O2. The summed E-state index contributed by atoms with van der Waals surface area (Å²) in [6.07, 6.45) is 2.62. The summed E-state index contributed by atoms with van der Waals surface area (Å²) in [5.74, 6) is 0. The Balaban J connectivity index is 1.50. The standard InChI is InChI=1S/C19H22ClN3O2/c20-18-8-7-17(11-19(18)23(24)25)13-21-12-15-3-5-16(6-4-15)14-22-9-1-2-10-22/h3-8,11,21H,1-2,9-10,12-14H2. The highest BCUT2D eigenvalue weighted by Gasteiger charge is 2.13. The lowest BCUT2D eigenvalue weighted by Crippen LogP contribution is -2.18. The van der Waals surface area contributed by atoms with Gasteiger partial charge in [0, 0.05) is 25.7 Å². The summed E-state index contributed by atoms with van der Waals surface area (Å²) in [7, 11) is 0. The van der Waals surface area contributed by atoms with Crippen molar-refractivity contribution in [3.8, 4) is 0 Å². The van der Waals surface area contributed by atoms with E-state index in [1.165, 1.54) is 43.1 Å². The van der Waals surface area contributed by atoms with Gasteiger partial charge in [-0.3, -0.25) is 15.0 Å². The normalized spacial score (nSPS) is 14.8. The van der Waals surface area contributed by atoms with Crippen molar-refractivity contribution in [3.63, 3.8) is 0 Å². The Hall–Kier alpha value is -1.95. The van der Waals surface area contributed by atoms with Crippen molar-refractivity contribution in [2.75, 3.05) is 13.1 Å². The van der Waals surface area contributed by atoms with Crippen molar-refractivity contribution in [2.24, 2.45) is 0 Å². The summed E-state index contributed by atoms with van der Waals surface area (Å²) in [5.41, 5.74) is 3.35. The molecule has 0 aliphatic carbocycles. The highest BCUT2D eigenvalue weighted by molar-refractivity contribution is 6.32. The molecule has 25 heavy (non-hydrogen) atoms. The van der Waals surface area contributed by atoms with Gasteiger partial charge < -0.3 is 5.32 Å². The van der Waals surface area contributed by atoms with Crippen LogP contribution in [-0.2, 0) is 19.6 Å². The zero-order chi connectivity index (χ0) is 17.6. The quantitative estimate of drug-likeness (QED) is 0.596. The molecule has 0 radical (unpaired) electrons. The third kappa shape index (κ3) is 5.01. The lowest BCUT2D eigenvalue weighted by molar-refractivity contribution is -0.384. The Morgan fingerprint density at radius 3 is 2.28 bits per heavy atom. The first-order valence-corrected chi connectivity index (χ1v) is 8.93. The van der Waals surface area contributed by atoms with E-state index in [1.54, 1.807) is 6.07 Å². The summed E-state index contributed by atoms with van der Waals surface area (Å²) >= 11 is 5.83. The average Bonchev–Trinajstić information content (AvgIpc) is 3.11. The van der Waals surface area contributed by atoms with Crippen LogP contribution in [0.5, 0.6) is 0 Å². The predicted octanol–water partition coefficient (Wildman–Crippen LogP) is 4.13. The third-order valence-electron chi connectivity index (χ3n) is 4.49. The fourth-order valence-corrected chi connectivity index (χ4v) is 3.31. The van der Waals surface area contributed by atoms with E-state index in [1.807, 2.05) is 6.07 Å². The molecule has 0 unspecified atom stereocenters. The molecule has 0 aromatic heterocycles. The fraction of sp³-hybridized carbons (Fsp3) is 0.368. The van der Waals surface area contributed by atoms with Crippen LogP contribution >= 0.6 is 11.6 Å². The van der Waals surface area contributed by atoms with E-state index in [0.717, 1.165) is 18.7 Å². The Morgan fingerprint density at radius 2 is 1.60 bits per heavy atom. The molecule has 1 heterocycles. The van der Waals surface area contributed by atoms with Gasteiger partial charge in [-0.05, 0) is 48.7 Å². The lowest BCUT2D eigenvalue weighted by atomic mass is 10.1. The number of likely N-dealkylation sites (tertiary alicyclic amines) is 1. The Morgan fingerprint density at radius 1 is 1.00 bits per heavy atom. The van der Waals surface area contributed by atoms with Crippen LogP contribution in [0.1, 0.15) is 29.5 Å². The maximum Gasteiger partial charge on any atom is 0.288 e. The molecule has 1 N–H and O–H groups in total. The van der Waals surface area contributed by atoms with Crippen LogP contribution in [0.15, 0.2) is 42.5 Å². The number of nitro groups is 1. The molecule has 5 nitrogen and oxygen atoms in total. The lowest BCUT2D eigenvalue weighted by Gasteiger charge is -2.14. The largest absolute Gasteiger partial charge is 0.309 e. The summed E-state index contributed by atoms with van der Waals surface area (Å²) < 4.78 is 0. The van der Waals surface area contributed by atoms with Crippen molar-refractivity contribution in [1.82, 2.24) is 10.2 Å². The Kier molecular flexibility index (Phi) is 6.02. The molecule has 1 aliphatic rings. The van der Waals surface area contributed by atoms with Gasteiger partial charge in [0.05, 0.1) is 4.92 Å². The molecule has 0 amide bonds. The summed E-state index contributed by atoms with van der Waals surface area (Å²) in [6.45, 7) is 4.73. The molecule has 1 fully saturated rings. The van der Waals surface area contributed by atoms with Crippen molar-refractivity contribution in [3.05, 3.63) is 74.3 Å². The smallest absolute Gasteiger partial charge is 0.288 e. The summed E-state index contributed by atoms with van der Waals surface area (Å²) in [4.78, 5) is 13.0. The molecule has 0 spiro atoms. The van der Waals surface area contributed by atoms with Gasteiger partial charge in [-0.2, -0.15) is 0 Å². The van der Waals surface area contributed by atoms with Gasteiger partial charge in [0.1, 0.15) is 5.02 Å². The van der Waals surface area contributed by atoms with Crippen LogP contribution in [0.3, 0.4) is 0 Å². The molecule has 1 aliphatic heterocycles. The molecule has 3 rings (SSSR count). The molecular weight excluding hydrogens is 338 g/mol. The van der Waals surface area contributed by atoms with Crippen LogP contribution in [0.25, 0.3) is 0 Å².